The van der Waals surface area contributed by atoms with Crippen molar-refractivity contribution in [3.05, 3.63) is 131 Å². The lowest BCUT2D eigenvalue weighted by molar-refractivity contribution is -0.140. The first-order valence-electron chi connectivity index (χ1n) is 14.2. The van der Waals surface area contributed by atoms with E-state index in [4.69, 9.17) is 0 Å². The van der Waals surface area contributed by atoms with Gasteiger partial charge in [0, 0.05) is 19.0 Å². The van der Waals surface area contributed by atoms with Crippen molar-refractivity contribution in [1.82, 2.24) is 10.2 Å². The predicted molar refractivity (Wildman–Crippen MR) is 166 cm³/mol. The molecule has 230 valence electrons. The molecule has 0 unspecified atom stereocenters. The van der Waals surface area contributed by atoms with Crippen LogP contribution in [0.1, 0.15) is 30.5 Å². The summed E-state index contributed by atoms with van der Waals surface area (Å²) in [7, 11) is -4.35. The summed E-state index contributed by atoms with van der Waals surface area (Å²) in [4.78, 5) is 29.1. The molecule has 0 saturated carbocycles. The van der Waals surface area contributed by atoms with Crippen molar-refractivity contribution < 1.29 is 26.8 Å². The molecule has 4 aromatic carbocycles. The van der Waals surface area contributed by atoms with Gasteiger partial charge in [0.25, 0.3) is 10.0 Å². The van der Waals surface area contributed by atoms with E-state index in [0.29, 0.717) is 5.56 Å². The summed E-state index contributed by atoms with van der Waals surface area (Å²) in [6, 6.07) is 24.4. The first-order valence-corrected chi connectivity index (χ1v) is 15.6. The van der Waals surface area contributed by atoms with Crippen molar-refractivity contribution in [2.45, 2.75) is 50.7 Å². The molecule has 10 heteroatoms. The molecule has 0 fully saturated rings. The molecule has 1 N–H and O–H groups in total. The second-order valence-electron chi connectivity index (χ2n) is 10.8. The van der Waals surface area contributed by atoms with Crippen LogP contribution in [0.25, 0.3) is 0 Å². The number of rotatable bonds is 12. The van der Waals surface area contributed by atoms with Crippen LogP contribution in [0.4, 0.5) is 14.5 Å². The number of hydrogen-bond donors (Lipinski definition) is 1. The minimum Gasteiger partial charge on any atom is -0.352 e. The maximum Gasteiger partial charge on any atom is 0.264 e. The van der Waals surface area contributed by atoms with Crippen LogP contribution >= 0.6 is 0 Å². The van der Waals surface area contributed by atoms with E-state index in [9.17, 15) is 26.8 Å². The number of nitrogens with zero attached hydrogens (tertiary/aromatic N) is 2. The van der Waals surface area contributed by atoms with Crippen molar-refractivity contribution in [2.24, 2.45) is 0 Å². The quantitative estimate of drug-likeness (QED) is 0.223. The minimum atomic E-state index is -4.35. The Morgan fingerprint density at radius 2 is 1.34 bits per heavy atom. The van der Waals surface area contributed by atoms with E-state index in [-0.39, 0.29) is 29.6 Å². The second-order valence-corrected chi connectivity index (χ2v) is 12.7. The van der Waals surface area contributed by atoms with Gasteiger partial charge >= 0.3 is 0 Å². The van der Waals surface area contributed by atoms with Crippen LogP contribution in [0.15, 0.2) is 108 Å². The van der Waals surface area contributed by atoms with Crippen molar-refractivity contribution in [2.75, 3.05) is 10.8 Å². The fraction of sp³-hybridized carbons (Fsp3) is 0.235. The van der Waals surface area contributed by atoms with Gasteiger partial charge in [-0.3, -0.25) is 13.9 Å². The average molecular weight is 620 g/mol. The Labute approximate surface area is 257 Å². The molecule has 0 radical (unpaired) electrons. The number of amides is 2. The molecule has 0 aliphatic heterocycles. The molecule has 0 aromatic heterocycles. The van der Waals surface area contributed by atoms with Gasteiger partial charge in [0.05, 0.1) is 10.6 Å². The summed E-state index contributed by atoms with van der Waals surface area (Å²) in [5.74, 6) is -2.13. The average Bonchev–Trinajstić information content (AvgIpc) is 2.99. The number of hydrogen-bond acceptors (Lipinski definition) is 4. The van der Waals surface area contributed by atoms with E-state index in [1.165, 1.54) is 29.2 Å². The van der Waals surface area contributed by atoms with Crippen LogP contribution in [-0.4, -0.2) is 43.8 Å². The molecule has 1 atom stereocenters. The van der Waals surface area contributed by atoms with Gasteiger partial charge in [0.1, 0.15) is 24.2 Å². The van der Waals surface area contributed by atoms with Crippen molar-refractivity contribution >= 4 is 27.5 Å². The van der Waals surface area contributed by atoms with Gasteiger partial charge in [-0.1, -0.05) is 60.2 Å². The van der Waals surface area contributed by atoms with Crippen LogP contribution < -0.4 is 9.62 Å². The van der Waals surface area contributed by atoms with E-state index in [2.05, 4.69) is 5.32 Å². The Morgan fingerprint density at radius 1 is 0.773 bits per heavy atom. The topological polar surface area (TPSA) is 86.8 Å². The number of benzene rings is 4. The van der Waals surface area contributed by atoms with Gasteiger partial charge in [-0.15, -0.1) is 0 Å². The highest BCUT2D eigenvalue weighted by atomic mass is 32.2. The van der Waals surface area contributed by atoms with Gasteiger partial charge in [0.15, 0.2) is 0 Å². The Bertz CT molecular complexity index is 1660. The zero-order valence-corrected chi connectivity index (χ0v) is 25.6. The van der Waals surface area contributed by atoms with Crippen LogP contribution in [-0.2, 0) is 32.6 Å². The van der Waals surface area contributed by atoms with Crippen LogP contribution in [0.2, 0.25) is 0 Å². The molecule has 0 aliphatic carbocycles. The molecular formula is C34H35F2N3O4S. The van der Waals surface area contributed by atoms with E-state index in [1.54, 1.807) is 38.1 Å². The molecule has 0 aliphatic rings. The third-order valence-electron chi connectivity index (χ3n) is 6.97. The number of aryl methyl sites for hydroxylation is 1. The van der Waals surface area contributed by atoms with Crippen molar-refractivity contribution in [1.29, 1.82) is 0 Å². The predicted octanol–water partition coefficient (Wildman–Crippen LogP) is 5.63. The summed E-state index contributed by atoms with van der Waals surface area (Å²) in [5.41, 5.74) is 2.45. The normalized spacial score (nSPS) is 12.0. The zero-order valence-electron chi connectivity index (χ0n) is 24.8. The lowest BCUT2D eigenvalue weighted by Gasteiger charge is -2.34. The van der Waals surface area contributed by atoms with Gasteiger partial charge in [-0.25, -0.2) is 17.2 Å². The maximum atomic E-state index is 14.3. The zero-order chi connectivity index (χ0) is 31.9. The molecule has 0 heterocycles. The van der Waals surface area contributed by atoms with E-state index in [1.807, 2.05) is 37.3 Å². The SMILES string of the molecule is Cc1ccc(N(CC(=O)N(Cc2ccc(F)cc2)[C@H](Cc2ccccc2)C(=O)NC(C)C)S(=O)(=O)c2ccc(F)cc2)cc1. The lowest BCUT2D eigenvalue weighted by atomic mass is 10.0. The van der Waals surface area contributed by atoms with Gasteiger partial charge < -0.3 is 10.2 Å². The van der Waals surface area contributed by atoms with Crippen LogP contribution in [0.3, 0.4) is 0 Å². The summed E-state index contributed by atoms with van der Waals surface area (Å²) >= 11 is 0. The Kier molecular flexibility index (Phi) is 10.5. The summed E-state index contributed by atoms with van der Waals surface area (Å²) < 4.78 is 56.3. The molecule has 7 nitrogen and oxygen atoms in total. The monoisotopic (exact) mass is 619 g/mol. The van der Waals surface area contributed by atoms with Gasteiger partial charge in [-0.05, 0) is 80.4 Å². The Morgan fingerprint density at radius 3 is 1.91 bits per heavy atom. The number of anilines is 1. The first kappa shape index (κ1) is 32.3. The highest BCUT2D eigenvalue weighted by molar-refractivity contribution is 7.92. The number of halogens is 2. The van der Waals surface area contributed by atoms with E-state index >= 15 is 0 Å². The molecule has 0 spiro atoms. The summed E-state index contributed by atoms with van der Waals surface area (Å²) in [6.07, 6.45) is 0.154. The second kappa shape index (κ2) is 14.3. The molecule has 44 heavy (non-hydrogen) atoms. The molecule has 0 saturated heterocycles. The lowest BCUT2D eigenvalue weighted by Crippen LogP contribution is -2.54. The highest BCUT2D eigenvalue weighted by Gasteiger charge is 2.34. The van der Waals surface area contributed by atoms with E-state index < -0.39 is 46.1 Å². The third-order valence-corrected chi connectivity index (χ3v) is 8.76. The van der Waals surface area contributed by atoms with Gasteiger partial charge in [-0.2, -0.15) is 0 Å². The van der Waals surface area contributed by atoms with Gasteiger partial charge in [0.2, 0.25) is 11.8 Å². The highest BCUT2D eigenvalue weighted by Crippen LogP contribution is 2.26. The molecule has 4 rings (SSSR count). The Hall–Kier alpha value is -4.57. The molecular weight excluding hydrogens is 584 g/mol. The van der Waals surface area contributed by atoms with Crippen molar-refractivity contribution in [3.63, 3.8) is 0 Å². The number of nitrogens with one attached hydrogen (secondary N) is 1. The Balaban J connectivity index is 1.79. The molecule has 0 bridgehead atoms. The van der Waals surface area contributed by atoms with Crippen LogP contribution in [0, 0.1) is 18.6 Å². The number of carbonyl (C=O) groups excluding carboxylic acids is 2. The van der Waals surface area contributed by atoms with Crippen molar-refractivity contribution in [3.8, 4) is 0 Å². The minimum absolute atomic E-state index is 0.0829. The fourth-order valence-electron chi connectivity index (χ4n) is 4.69. The maximum absolute atomic E-state index is 14.3. The standard InChI is InChI=1S/C34H35F2N3O4S/c1-24(2)37-34(41)32(21-26-7-5-4-6-8-26)38(22-27-11-13-28(35)14-12-27)33(40)23-39(30-17-9-25(3)10-18-30)44(42,43)31-19-15-29(36)16-20-31/h4-20,24,32H,21-23H2,1-3H3,(H,37,41)/t32-/m1/s1. The number of carbonyl (C=O) groups is 2. The molecule has 2 amide bonds. The number of sulfonamides is 1. The van der Waals surface area contributed by atoms with Crippen LogP contribution in [0.5, 0.6) is 0 Å². The summed E-state index contributed by atoms with van der Waals surface area (Å²) in [5, 5.41) is 2.89. The first-order chi connectivity index (χ1) is 20.9. The van der Waals surface area contributed by atoms with E-state index in [0.717, 1.165) is 39.7 Å². The third kappa shape index (κ3) is 8.29. The summed E-state index contributed by atoms with van der Waals surface area (Å²) in [6.45, 7) is 4.72. The smallest absolute Gasteiger partial charge is 0.264 e. The largest absolute Gasteiger partial charge is 0.352 e. The molecule has 4 aromatic rings. The fourth-order valence-corrected chi connectivity index (χ4v) is 6.11.